The molecule has 0 aromatic heterocycles. The average molecular weight is 249 g/mol. The van der Waals surface area contributed by atoms with Crippen LogP contribution in [0.1, 0.15) is 31.2 Å². The van der Waals surface area contributed by atoms with E-state index in [4.69, 9.17) is 19.9 Å². The van der Waals surface area contributed by atoms with Gasteiger partial charge in [-0.15, -0.1) is 0 Å². The monoisotopic (exact) mass is 249 g/mol. The number of methoxy groups -OCH3 is 1. The van der Waals surface area contributed by atoms with Gasteiger partial charge in [-0.1, -0.05) is 6.42 Å². The Morgan fingerprint density at radius 3 is 2.56 bits per heavy atom. The van der Waals surface area contributed by atoms with E-state index in [1.165, 1.54) is 24.8 Å². The van der Waals surface area contributed by atoms with Gasteiger partial charge in [0.15, 0.2) is 11.5 Å². The first kappa shape index (κ1) is 11.7. The zero-order valence-electron chi connectivity index (χ0n) is 10.7. The largest absolute Gasteiger partial charge is 0.496 e. The van der Waals surface area contributed by atoms with Crippen molar-refractivity contribution in [2.24, 2.45) is 5.73 Å². The number of hydrogen-bond acceptors (Lipinski definition) is 4. The molecule has 1 heterocycles. The first-order chi connectivity index (χ1) is 8.79. The number of fused-ring (bicyclic) bond motifs is 1. The maximum Gasteiger partial charge on any atom is 0.231 e. The summed E-state index contributed by atoms with van der Waals surface area (Å²) >= 11 is 0. The van der Waals surface area contributed by atoms with Crippen molar-refractivity contribution >= 4 is 0 Å². The molecule has 0 spiro atoms. The second-order valence-electron chi connectivity index (χ2n) is 5.08. The maximum absolute atomic E-state index is 5.77. The van der Waals surface area contributed by atoms with Crippen molar-refractivity contribution in [3.05, 3.63) is 17.7 Å². The summed E-state index contributed by atoms with van der Waals surface area (Å²) in [6, 6.07) is 4.02. The highest BCUT2D eigenvalue weighted by Crippen LogP contribution is 2.52. The molecule has 98 valence electrons. The minimum atomic E-state index is 0.182. The second kappa shape index (κ2) is 4.35. The molecule has 0 bridgehead atoms. The van der Waals surface area contributed by atoms with Gasteiger partial charge in [0.05, 0.1) is 7.11 Å². The van der Waals surface area contributed by atoms with E-state index in [0.717, 1.165) is 23.7 Å². The van der Waals surface area contributed by atoms with E-state index in [9.17, 15) is 0 Å². The van der Waals surface area contributed by atoms with Crippen LogP contribution >= 0.6 is 0 Å². The quantitative estimate of drug-likeness (QED) is 0.888. The Morgan fingerprint density at radius 1 is 1.28 bits per heavy atom. The molecule has 1 aliphatic heterocycles. The third kappa shape index (κ3) is 1.63. The normalized spacial score (nSPS) is 19.4. The number of ether oxygens (including phenoxy) is 3. The van der Waals surface area contributed by atoms with Gasteiger partial charge in [-0.05, 0) is 31.9 Å². The Morgan fingerprint density at radius 2 is 2.00 bits per heavy atom. The second-order valence-corrected chi connectivity index (χ2v) is 5.08. The van der Waals surface area contributed by atoms with Crippen molar-refractivity contribution in [2.75, 3.05) is 20.4 Å². The lowest BCUT2D eigenvalue weighted by Gasteiger charge is -2.43. The summed E-state index contributed by atoms with van der Waals surface area (Å²) in [5.41, 5.74) is 7.18. The van der Waals surface area contributed by atoms with E-state index in [0.29, 0.717) is 13.3 Å². The van der Waals surface area contributed by atoms with E-state index in [1.54, 1.807) is 7.11 Å². The molecule has 4 nitrogen and oxygen atoms in total. The maximum atomic E-state index is 5.77. The average Bonchev–Trinajstić information content (AvgIpc) is 2.79. The van der Waals surface area contributed by atoms with Gasteiger partial charge >= 0.3 is 0 Å². The fraction of sp³-hybridized carbons (Fsp3) is 0.571. The predicted octanol–water partition coefficient (Wildman–Crippen LogP) is 2.19. The topological polar surface area (TPSA) is 53.7 Å². The molecule has 0 radical (unpaired) electrons. The molecule has 1 fully saturated rings. The Balaban J connectivity index is 2.04. The summed E-state index contributed by atoms with van der Waals surface area (Å²) in [5.74, 6) is 2.50. The van der Waals surface area contributed by atoms with E-state index in [1.807, 2.05) is 6.07 Å². The standard InChI is InChI=1S/C14H19NO3/c1-16-11-8-13-12(17-9-18-13)7-10(11)14(5-6-15)3-2-4-14/h7-8H,2-6,9,15H2,1H3. The van der Waals surface area contributed by atoms with Crippen LogP contribution in [0.2, 0.25) is 0 Å². The van der Waals surface area contributed by atoms with Crippen LogP contribution in [-0.4, -0.2) is 20.4 Å². The van der Waals surface area contributed by atoms with Crippen LogP contribution < -0.4 is 19.9 Å². The molecule has 0 atom stereocenters. The molecular formula is C14H19NO3. The Bertz CT molecular complexity index is 455. The van der Waals surface area contributed by atoms with E-state index < -0.39 is 0 Å². The Kier molecular flexibility index (Phi) is 2.82. The number of hydrogen-bond donors (Lipinski definition) is 1. The van der Waals surface area contributed by atoms with Crippen molar-refractivity contribution in [1.82, 2.24) is 0 Å². The van der Waals surface area contributed by atoms with Crippen molar-refractivity contribution in [3.8, 4) is 17.2 Å². The molecule has 18 heavy (non-hydrogen) atoms. The summed E-state index contributed by atoms with van der Waals surface area (Å²) in [5, 5.41) is 0. The smallest absolute Gasteiger partial charge is 0.231 e. The van der Waals surface area contributed by atoms with E-state index in [2.05, 4.69) is 6.07 Å². The van der Waals surface area contributed by atoms with Crippen molar-refractivity contribution < 1.29 is 14.2 Å². The van der Waals surface area contributed by atoms with Gasteiger partial charge in [0.2, 0.25) is 6.79 Å². The predicted molar refractivity (Wildman–Crippen MR) is 68.3 cm³/mol. The minimum Gasteiger partial charge on any atom is -0.496 e. The van der Waals surface area contributed by atoms with E-state index >= 15 is 0 Å². The van der Waals surface area contributed by atoms with Gasteiger partial charge in [0.25, 0.3) is 0 Å². The summed E-state index contributed by atoms with van der Waals surface area (Å²) in [6.45, 7) is 1.00. The van der Waals surface area contributed by atoms with Gasteiger partial charge in [0.1, 0.15) is 5.75 Å². The van der Waals surface area contributed by atoms with Crippen LogP contribution in [0.3, 0.4) is 0 Å². The highest BCUT2D eigenvalue weighted by atomic mass is 16.7. The van der Waals surface area contributed by atoms with Gasteiger partial charge in [-0.2, -0.15) is 0 Å². The van der Waals surface area contributed by atoms with Gasteiger partial charge in [-0.25, -0.2) is 0 Å². The number of benzene rings is 1. The van der Waals surface area contributed by atoms with Crippen molar-refractivity contribution in [3.63, 3.8) is 0 Å². The van der Waals surface area contributed by atoms with Crippen LogP contribution in [0.25, 0.3) is 0 Å². The van der Waals surface area contributed by atoms with Crippen LogP contribution in [0.4, 0.5) is 0 Å². The Labute approximate surface area is 107 Å². The van der Waals surface area contributed by atoms with Crippen LogP contribution in [0.5, 0.6) is 17.2 Å². The third-order valence-corrected chi connectivity index (χ3v) is 4.20. The SMILES string of the molecule is COc1cc2c(cc1C1(CCN)CCC1)OCO2. The first-order valence-corrected chi connectivity index (χ1v) is 6.47. The van der Waals surface area contributed by atoms with Crippen LogP contribution in [0.15, 0.2) is 12.1 Å². The molecule has 0 saturated heterocycles. The highest BCUT2D eigenvalue weighted by Gasteiger charge is 2.41. The van der Waals surface area contributed by atoms with Gasteiger partial charge in [-0.3, -0.25) is 0 Å². The molecule has 1 saturated carbocycles. The van der Waals surface area contributed by atoms with Gasteiger partial charge in [0, 0.05) is 17.0 Å². The molecule has 3 rings (SSSR count). The minimum absolute atomic E-state index is 0.182. The van der Waals surface area contributed by atoms with E-state index in [-0.39, 0.29) is 5.41 Å². The number of rotatable bonds is 4. The summed E-state index contributed by atoms with van der Waals surface area (Å²) < 4.78 is 16.4. The molecular weight excluding hydrogens is 230 g/mol. The van der Waals surface area contributed by atoms with Crippen molar-refractivity contribution in [2.45, 2.75) is 31.1 Å². The zero-order chi connectivity index (χ0) is 12.6. The van der Waals surface area contributed by atoms with Crippen molar-refractivity contribution in [1.29, 1.82) is 0 Å². The highest BCUT2D eigenvalue weighted by molar-refractivity contribution is 5.55. The molecule has 1 aliphatic carbocycles. The zero-order valence-corrected chi connectivity index (χ0v) is 10.7. The fourth-order valence-electron chi connectivity index (χ4n) is 3.04. The van der Waals surface area contributed by atoms with Crippen LogP contribution in [-0.2, 0) is 5.41 Å². The van der Waals surface area contributed by atoms with Crippen LogP contribution in [0, 0.1) is 0 Å². The summed E-state index contributed by atoms with van der Waals surface area (Å²) in [4.78, 5) is 0. The fourth-order valence-corrected chi connectivity index (χ4v) is 3.04. The molecule has 2 N–H and O–H groups in total. The Hall–Kier alpha value is -1.42. The summed E-state index contributed by atoms with van der Waals surface area (Å²) in [7, 11) is 1.70. The number of nitrogens with two attached hydrogens (primary N) is 1. The van der Waals surface area contributed by atoms with Gasteiger partial charge < -0.3 is 19.9 Å². The molecule has 1 aromatic rings. The lowest BCUT2D eigenvalue weighted by atomic mass is 9.62. The molecule has 0 amide bonds. The molecule has 2 aliphatic rings. The molecule has 1 aromatic carbocycles. The molecule has 0 unspecified atom stereocenters. The first-order valence-electron chi connectivity index (χ1n) is 6.47. The summed E-state index contributed by atoms with van der Waals surface area (Å²) in [6.07, 6.45) is 4.63. The molecule has 4 heteroatoms. The lowest BCUT2D eigenvalue weighted by molar-refractivity contribution is 0.173. The third-order valence-electron chi connectivity index (χ3n) is 4.20. The lowest BCUT2D eigenvalue weighted by Crippen LogP contribution is -2.36.